The number of carboxylic acids is 1. The second-order valence-corrected chi connectivity index (χ2v) is 5.29. The number of nitrogens with one attached hydrogen (secondary N) is 1. The zero-order valence-electron chi connectivity index (χ0n) is 9.46. The molecular formula is C12H16BrNO2. The fourth-order valence-electron chi connectivity index (χ4n) is 1.22. The summed E-state index contributed by atoms with van der Waals surface area (Å²) >= 11 is 3.38. The lowest BCUT2D eigenvalue weighted by atomic mass is 9.90. The van der Waals surface area contributed by atoms with Gasteiger partial charge in [-0.1, -0.05) is 22.0 Å². The van der Waals surface area contributed by atoms with Crippen molar-refractivity contribution in [3.8, 4) is 0 Å². The Morgan fingerprint density at radius 2 is 2.19 bits per heavy atom. The molecule has 0 amide bonds. The van der Waals surface area contributed by atoms with Crippen LogP contribution in [-0.2, 0) is 4.79 Å². The van der Waals surface area contributed by atoms with Crippen molar-refractivity contribution in [1.82, 2.24) is 0 Å². The largest absolute Gasteiger partial charge is 0.481 e. The van der Waals surface area contributed by atoms with Gasteiger partial charge in [-0.3, -0.25) is 4.79 Å². The molecule has 0 spiro atoms. The summed E-state index contributed by atoms with van der Waals surface area (Å²) in [6.45, 7) is 4.12. The van der Waals surface area contributed by atoms with E-state index in [0.29, 0.717) is 13.0 Å². The molecule has 1 aromatic rings. The molecule has 0 saturated heterocycles. The van der Waals surface area contributed by atoms with Crippen LogP contribution >= 0.6 is 15.9 Å². The van der Waals surface area contributed by atoms with Gasteiger partial charge in [0.25, 0.3) is 0 Å². The maximum Gasteiger partial charge on any atom is 0.309 e. The summed E-state index contributed by atoms with van der Waals surface area (Å²) < 4.78 is 1.01. The highest BCUT2D eigenvalue weighted by Gasteiger charge is 2.26. The van der Waals surface area contributed by atoms with Crippen molar-refractivity contribution in [2.24, 2.45) is 5.41 Å². The third-order valence-electron chi connectivity index (χ3n) is 2.48. The molecule has 0 aromatic heterocycles. The van der Waals surface area contributed by atoms with Gasteiger partial charge in [-0.2, -0.15) is 0 Å². The second kappa shape index (κ2) is 5.34. The third kappa shape index (κ3) is 3.85. The van der Waals surface area contributed by atoms with E-state index in [1.807, 2.05) is 24.3 Å². The molecule has 1 aromatic carbocycles. The van der Waals surface area contributed by atoms with Gasteiger partial charge < -0.3 is 10.4 Å². The summed E-state index contributed by atoms with van der Waals surface area (Å²) in [5.41, 5.74) is 0.314. The van der Waals surface area contributed by atoms with Gasteiger partial charge in [0.05, 0.1) is 5.41 Å². The standard InChI is InChI=1S/C12H16BrNO2/c1-12(2,11(15)16)6-7-14-10-5-3-4-9(13)8-10/h3-5,8,14H,6-7H2,1-2H3,(H,15,16). The van der Waals surface area contributed by atoms with E-state index < -0.39 is 11.4 Å². The Morgan fingerprint density at radius 3 is 2.75 bits per heavy atom. The van der Waals surface area contributed by atoms with Crippen molar-refractivity contribution >= 4 is 27.6 Å². The molecule has 0 saturated carbocycles. The van der Waals surface area contributed by atoms with Gasteiger partial charge in [-0.15, -0.1) is 0 Å². The molecule has 0 aliphatic heterocycles. The van der Waals surface area contributed by atoms with Gasteiger partial charge in [0.15, 0.2) is 0 Å². The first-order chi connectivity index (χ1) is 7.42. The predicted molar refractivity (Wildman–Crippen MR) is 68.7 cm³/mol. The van der Waals surface area contributed by atoms with E-state index in [-0.39, 0.29) is 0 Å². The summed E-state index contributed by atoms with van der Waals surface area (Å²) in [7, 11) is 0. The molecule has 0 unspecified atom stereocenters. The summed E-state index contributed by atoms with van der Waals surface area (Å²) in [6.07, 6.45) is 0.592. The van der Waals surface area contributed by atoms with Crippen LogP contribution in [0.2, 0.25) is 0 Å². The average Bonchev–Trinajstić information content (AvgIpc) is 2.17. The number of hydrogen-bond donors (Lipinski definition) is 2. The molecule has 2 N–H and O–H groups in total. The summed E-state index contributed by atoms with van der Waals surface area (Å²) in [5.74, 6) is -0.761. The number of hydrogen-bond acceptors (Lipinski definition) is 2. The number of benzene rings is 1. The molecule has 0 aliphatic carbocycles. The van der Waals surface area contributed by atoms with Crippen molar-refractivity contribution in [3.63, 3.8) is 0 Å². The molecule has 0 atom stereocenters. The molecule has 1 rings (SSSR count). The molecule has 16 heavy (non-hydrogen) atoms. The Hall–Kier alpha value is -1.03. The zero-order chi connectivity index (χ0) is 12.2. The molecule has 88 valence electrons. The monoisotopic (exact) mass is 285 g/mol. The Balaban J connectivity index is 2.45. The Morgan fingerprint density at radius 1 is 1.50 bits per heavy atom. The van der Waals surface area contributed by atoms with Crippen molar-refractivity contribution in [3.05, 3.63) is 28.7 Å². The van der Waals surface area contributed by atoms with E-state index in [0.717, 1.165) is 10.2 Å². The van der Waals surface area contributed by atoms with Crippen molar-refractivity contribution in [2.75, 3.05) is 11.9 Å². The third-order valence-corrected chi connectivity index (χ3v) is 2.98. The molecule has 0 bridgehead atoms. The van der Waals surface area contributed by atoms with Crippen LogP contribution < -0.4 is 5.32 Å². The highest BCUT2D eigenvalue weighted by Crippen LogP contribution is 2.21. The van der Waals surface area contributed by atoms with Crippen LogP contribution in [0.4, 0.5) is 5.69 Å². The van der Waals surface area contributed by atoms with Gasteiger partial charge >= 0.3 is 5.97 Å². The topological polar surface area (TPSA) is 49.3 Å². The van der Waals surface area contributed by atoms with Crippen LogP contribution in [0.25, 0.3) is 0 Å². The van der Waals surface area contributed by atoms with E-state index in [9.17, 15) is 4.79 Å². The number of carboxylic acid groups (broad SMARTS) is 1. The number of carbonyl (C=O) groups is 1. The normalized spacial score (nSPS) is 11.2. The number of aliphatic carboxylic acids is 1. The molecule has 0 heterocycles. The lowest BCUT2D eigenvalue weighted by molar-refractivity contribution is -0.147. The van der Waals surface area contributed by atoms with Crippen molar-refractivity contribution in [1.29, 1.82) is 0 Å². The highest BCUT2D eigenvalue weighted by atomic mass is 79.9. The molecule has 0 fully saturated rings. The minimum absolute atomic E-state index is 0.592. The summed E-state index contributed by atoms with van der Waals surface area (Å²) in [5, 5.41) is 12.2. The number of rotatable bonds is 5. The quantitative estimate of drug-likeness (QED) is 0.872. The van der Waals surface area contributed by atoms with E-state index in [4.69, 9.17) is 5.11 Å². The Bertz CT molecular complexity index is 377. The molecule has 0 radical (unpaired) electrons. The molecular weight excluding hydrogens is 270 g/mol. The first-order valence-electron chi connectivity index (χ1n) is 5.15. The highest BCUT2D eigenvalue weighted by molar-refractivity contribution is 9.10. The lowest BCUT2D eigenvalue weighted by Gasteiger charge is -2.19. The minimum atomic E-state index is -0.761. The van der Waals surface area contributed by atoms with Gasteiger partial charge in [0, 0.05) is 16.7 Å². The second-order valence-electron chi connectivity index (χ2n) is 4.38. The van der Waals surface area contributed by atoms with Gasteiger partial charge in [0.1, 0.15) is 0 Å². The zero-order valence-corrected chi connectivity index (χ0v) is 11.0. The number of halogens is 1. The molecule has 3 nitrogen and oxygen atoms in total. The maximum atomic E-state index is 10.9. The number of anilines is 1. The van der Waals surface area contributed by atoms with Gasteiger partial charge in [-0.05, 0) is 38.5 Å². The van der Waals surface area contributed by atoms with Crippen LogP contribution in [0.5, 0.6) is 0 Å². The van der Waals surface area contributed by atoms with Gasteiger partial charge in [0.2, 0.25) is 0 Å². The molecule has 0 aliphatic rings. The Kier molecular flexibility index (Phi) is 4.35. The maximum absolute atomic E-state index is 10.9. The van der Waals surface area contributed by atoms with Crippen LogP contribution in [0, 0.1) is 5.41 Å². The van der Waals surface area contributed by atoms with Crippen molar-refractivity contribution < 1.29 is 9.90 Å². The summed E-state index contributed by atoms with van der Waals surface area (Å²) in [6, 6.07) is 7.81. The molecule has 4 heteroatoms. The average molecular weight is 286 g/mol. The summed E-state index contributed by atoms with van der Waals surface area (Å²) in [4.78, 5) is 10.9. The fraction of sp³-hybridized carbons (Fsp3) is 0.417. The van der Waals surface area contributed by atoms with Gasteiger partial charge in [-0.25, -0.2) is 0 Å². The predicted octanol–water partition coefficient (Wildman–Crippen LogP) is 3.36. The van der Waals surface area contributed by atoms with Crippen LogP contribution in [-0.4, -0.2) is 17.6 Å². The first-order valence-corrected chi connectivity index (χ1v) is 5.94. The van der Waals surface area contributed by atoms with E-state index in [1.54, 1.807) is 13.8 Å². The fourth-order valence-corrected chi connectivity index (χ4v) is 1.62. The SMILES string of the molecule is CC(C)(CCNc1cccc(Br)c1)C(=O)O. The first kappa shape index (κ1) is 13.0. The minimum Gasteiger partial charge on any atom is -0.481 e. The van der Waals surface area contributed by atoms with Crippen LogP contribution in [0.15, 0.2) is 28.7 Å². The van der Waals surface area contributed by atoms with E-state index in [1.165, 1.54) is 0 Å². The lowest BCUT2D eigenvalue weighted by Crippen LogP contribution is -2.26. The van der Waals surface area contributed by atoms with Crippen LogP contribution in [0.1, 0.15) is 20.3 Å². The van der Waals surface area contributed by atoms with E-state index >= 15 is 0 Å². The Labute approximate surface area is 104 Å². The van der Waals surface area contributed by atoms with Crippen molar-refractivity contribution in [2.45, 2.75) is 20.3 Å². The smallest absolute Gasteiger partial charge is 0.309 e. The van der Waals surface area contributed by atoms with E-state index in [2.05, 4.69) is 21.2 Å². The van der Waals surface area contributed by atoms with Crippen LogP contribution in [0.3, 0.4) is 0 Å².